The molecule has 1 aromatic rings. The van der Waals surface area contributed by atoms with E-state index in [4.69, 9.17) is 0 Å². The number of nitrogens with zero attached hydrogens (tertiary/aromatic N) is 1. The van der Waals surface area contributed by atoms with Crippen LogP contribution in [0.25, 0.3) is 0 Å². The summed E-state index contributed by atoms with van der Waals surface area (Å²) in [6.45, 7) is 4.83. The highest BCUT2D eigenvalue weighted by Gasteiger charge is 2.34. The summed E-state index contributed by atoms with van der Waals surface area (Å²) >= 11 is 0. The van der Waals surface area contributed by atoms with Gasteiger partial charge in [0.2, 0.25) is 5.91 Å². The third-order valence-corrected chi connectivity index (χ3v) is 5.18. The van der Waals surface area contributed by atoms with Crippen LogP contribution in [-0.2, 0) is 4.79 Å². The maximum atomic E-state index is 12.6. The Kier molecular flexibility index (Phi) is 5.11. The van der Waals surface area contributed by atoms with Gasteiger partial charge in [0.25, 0.3) is 0 Å². The number of rotatable bonds is 4. The molecule has 2 saturated heterocycles. The van der Waals surface area contributed by atoms with Gasteiger partial charge in [-0.1, -0.05) is 30.3 Å². The largest absolute Gasteiger partial charge is 0.356 e. The molecule has 0 radical (unpaired) electrons. The molecule has 2 N–H and O–H groups in total. The van der Waals surface area contributed by atoms with Crippen LogP contribution < -0.4 is 10.6 Å². The minimum Gasteiger partial charge on any atom is -0.356 e. The number of nitrogens with one attached hydrogen (secondary N) is 2. The van der Waals surface area contributed by atoms with Crippen LogP contribution in [0.1, 0.15) is 24.3 Å². The number of benzene rings is 1. The van der Waals surface area contributed by atoms with Gasteiger partial charge in [0.05, 0.1) is 5.92 Å². The lowest BCUT2D eigenvalue weighted by Gasteiger charge is -2.29. The van der Waals surface area contributed by atoms with Crippen LogP contribution in [-0.4, -0.2) is 50.6 Å². The predicted molar refractivity (Wildman–Crippen MR) is 88.8 cm³/mol. The fraction of sp³-hybridized carbons (Fsp3) is 0.611. The first-order chi connectivity index (χ1) is 10.7. The third-order valence-electron chi connectivity index (χ3n) is 5.18. The second-order valence-corrected chi connectivity index (χ2v) is 6.77. The fourth-order valence-corrected chi connectivity index (χ4v) is 3.65. The van der Waals surface area contributed by atoms with E-state index in [0.29, 0.717) is 11.8 Å². The number of carbonyl (C=O) groups excluding carboxylic acids is 1. The smallest absolute Gasteiger partial charge is 0.225 e. The predicted octanol–water partition coefficient (Wildman–Crippen LogP) is 1.45. The maximum Gasteiger partial charge on any atom is 0.225 e. The van der Waals surface area contributed by atoms with Crippen molar-refractivity contribution in [1.29, 1.82) is 0 Å². The molecule has 0 saturated carbocycles. The molecule has 1 aromatic carbocycles. The third kappa shape index (κ3) is 3.68. The number of hydrogen-bond donors (Lipinski definition) is 2. The van der Waals surface area contributed by atoms with E-state index in [2.05, 4.69) is 46.8 Å². The molecule has 0 bridgehead atoms. The van der Waals surface area contributed by atoms with Crippen molar-refractivity contribution in [3.63, 3.8) is 0 Å². The van der Waals surface area contributed by atoms with Crippen molar-refractivity contribution in [2.45, 2.75) is 18.8 Å². The van der Waals surface area contributed by atoms with E-state index < -0.39 is 0 Å². The van der Waals surface area contributed by atoms with Crippen molar-refractivity contribution in [1.82, 2.24) is 15.5 Å². The average Bonchev–Trinajstić information content (AvgIpc) is 3.04. The van der Waals surface area contributed by atoms with Gasteiger partial charge in [-0.3, -0.25) is 4.79 Å². The Bertz CT molecular complexity index is 482. The summed E-state index contributed by atoms with van der Waals surface area (Å²) in [6, 6.07) is 10.4. The molecule has 2 aliphatic heterocycles. The number of amides is 1. The van der Waals surface area contributed by atoms with Gasteiger partial charge in [-0.05, 0) is 44.5 Å². The Morgan fingerprint density at radius 3 is 2.68 bits per heavy atom. The van der Waals surface area contributed by atoms with Gasteiger partial charge in [0.1, 0.15) is 0 Å². The highest BCUT2D eigenvalue weighted by Crippen LogP contribution is 2.28. The van der Waals surface area contributed by atoms with Crippen LogP contribution in [0.4, 0.5) is 0 Å². The summed E-state index contributed by atoms with van der Waals surface area (Å²) in [5.41, 5.74) is 1.27. The molecule has 120 valence electrons. The van der Waals surface area contributed by atoms with E-state index in [-0.39, 0.29) is 11.8 Å². The number of likely N-dealkylation sites (tertiary alicyclic amines) is 1. The van der Waals surface area contributed by atoms with Crippen LogP contribution in [0.15, 0.2) is 30.3 Å². The Morgan fingerprint density at radius 2 is 1.95 bits per heavy atom. The van der Waals surface area contributed by atoms with E-state index in [9.17, 15) is 4.79 Å². The summed E-state index contributed by atoms with van der Waals surface area (Å²) in [7, 11) is 2.17. The topological polar surface area (TPSA) is 44.4 Å². The molecule has 2 fully saturated rings. The molecule has 4 nitrogen and oxygen atoms in total. The van der Waals surface area contributed by atoms with Crippen molar-refractivity contribution in [3.8, 4) is 0 Å². The Balaban J connectivity index is 1.53. The maximum absolute atomic E-state index is 12.6. The lowest BCUT2D eigenvalue weighted by molar-refractivity contribution is -0.125. The Labute approximate surface area is 133 Å². The van der Waals surface area contributed by atoms with Gasteiger partial charge in [0.15, 0.2) is 0 Å². The number of carbonyl (C=O) groups is 1. The summed E-state index contributed by atoms with van der Waals surface area (Å²) in [5.74, 6) is 1.23. The van der Waals surface area contributed by atoms with Crippen LogP contribution in [0.3, 0.4) is 0 Å². The van der Waals surface area contributed by atoms with E-state index in [0.717, 1.165) is 32.7 Å². The molecule has 4 heteroatoms. The molecule has 0 aromatic heterocycles. The van der Waals surface area contributed by atoms with E-state index in [1.165, 1.54) is 18.4 Å². The zero-order valence-electron chi connectivity index (χ0n) is 13.4. The lowest BCUT2D eigenvalue weighted by atomic mass is 9.88. The highest BCUT2D eigenvalue weighted by molar-refractivity contribution is 5.80. The van der Waals surface area contributed by atoms with E-state index in [1.54, 1.807) is 0 Å². The van der Waals surface area contributed by atoms with Crippen molar-refractivity contribution >= 4 is 5.91 Å². The molecule has 2 atom stereocenters. The molecular formula is C18H27N3O. The van der Waals surface area contributed by atoms with Crippen molar-refractivity contribution in [3.05, 3.63) is 35.9 Å². The first-order valence-electron chi connectivity index (χ1n) is 8.46. The van der Waals surface area contributed by atoms with Crippen LogP contribution in [0.2, 0.25) is 0 Å². The van der Waals surface area contributed by atoms with Crippen molar-refractivity contribution < 1.29 is 4.79 Å². The van der Waals surface area contributed by atoms with Gasteiger partial charge >= 0.3 is 0 Å². The molecule has 0 aliphatic carbocycles. The second-order valence-electron chi connectivity index (χ2n) is 6.77. The quantitative estimate of drug-likeness (QED) is 0.885. The van der Waals surface area contributed by atoms with Gasteiger partial charge < -0.3 is 15.5 Å². The average molecular weight is 301 g/mol. The summed E-state index contributed by atoms with van der Waals surface area (Å²) in [4.78, 5) is 14.9. The lowest BCUT2D eigenvalue weighted by Crippen LogP contribution is -2.40. The Hall–Kier alpha value is -1.39. The van der Waals surface area contributed by atoms with Crippen LogP contribution in [0, 0.1) is 11.8 Å². The highest BCUT2D eigenvalue weighted by atomic mass is 16.1. The van der Waals surface area contributed by atoms with Gasteiger partial charge in [0, 0.05) is 25.6 Å². The van der Waals surface area contributed by atoms with Crippen molar-refractivity contribution in [2.75, 3.05) is 39.8 Å². The fourth-order valence-electron chi connectivity index (χ4n) is 3.65. The minimum atomic E-state index is 0.0636. The van der Waals surface area contributed by atoms with Crippen LogP contribution >= 0.6 is 0 Å². The van der Waals surface area contributed by atoms with Gasteiger partial charge in [-0.25, -0.2) is 0 Å². The Morgan fingerprint density at radius 1 is 1.23 bits per heavy atom. The first-order valence-corrected chi connectivity index (χ1v) is 8.46. The second kappa shape index (κ2) is 7.25. The van der Waals surface area contributed by atoms with Crippen LogP contribution in [0.5, 0.6) is 0 Å². The zero-order valence-corrected chi connectivity index (χ0v) is 13.4. The molecular weight excluding hydrogens is 274 g/mol. The SMILES string of the molecule is CN1CCC(CNC(=O)[C@H]2CNCC2c2ccccc2)CC1. The minimum absolute atomic E-state index is 0.0636. The summed E-state index contributed by atoms with van der Waals surface area (Å²) in [5, 5.41) is 6.59. The molecule has 3 rings (SSSR count). The zero-order chi connectivity index (χ0) is 15.4. The number of piperidine rings is 1. The van der Waals surface area contributed by atoms with E-state index in [1.807, 2.05) is 6.07 Å². The molecule has 0 spiro atoms. The van der Waals surface area contributed by atoms with Gasteiger partial charge in [-0.2, -0.15) is 0 Å². The van der Waals surface area contributed by atoms with E-state index >= 15 is 0 Å². The molecule has 2 heterocycles. The standard InChI is InChI=1S/C18H27N3O/c1-21-9-7-14(8-10-21)11-20-18(22)17-13-19-12-16(17)15-5-3-2-4-6-15/h2-6,14,16-17,19H,7-13H2,1H3,(H,20,22)/t16?,17-/m0/s1. The molecule has 1 unspecified atom stereocenters. The van der Waals surface area contributed by atoms with Crippen molar-refractivity contribution in [2.24, 2.45) is 11.8 Å². The van der Waals surface area contributed by atoms with Gasteiger partial charge in [-0.15, -0.1) is 0 Å². The molecule has 2 aliphatic rings. The number of hydrogen-bond acceptors (Lipinski definition) is 3. The first kappa shape index (κ1) is 15.5. The normalized spacial score (nSPS) is 27.0. The summed E-state index contributed by atoms with van der Waals surface area (Å²) in [6.07, 6.45) is 2.39. The molecule has 1 amide bonds. The summed E-state index contributed by atoms with van der Waals surface area (Å²) < 4.78 is 0. The monoisotopic (exact) mass is 301 g/mol. The molecule has 22 heavy (non-hydrogen) atoms.